The van der Waals surface area contributed by atoms with Crippen molar-refractivity contribution in [3.05, 3.63) is 24.3 Å². The first-order valence-electron chi connectivity index (χ1n) is 4.80. The SMILES string of the molecule is CCOC(=O)C(=O)N(C)c1ccc(O)cc1. The molecule has 0 radical (unpaired) electrons. The van der Waals surface area contributed by atoms with Crippen molar-refractivity contribution in [2.24, 2.45) is 0 Å². The first-order valence-corrected chi connectivity index (χ1v) is 4.80. The predicted octanol–water partition coefficient (Wildman–Crippen LogP) is 0.918. The molecule has 16 heavy (non-hydrogen) atoms. The predicted molar refractivity (Wildman–Crippen MR) is 58.1 cm³/mol. The molecule has 0 fully saturated rings. The number of ether oxygens (including phenoxy) is 1. The van der Waals surface area contributed by atoms with E-state index in [4.69, 9.17) is 5.11 Å². The van der Waals surface area contributed by atoms with Gasteiger partial charge >= 0.3 is 11.9 Å². The number of hydrogen-bond donors (Lipinski definition) is 1. The molecular weight excluding hydrogens is 210 g/mol. The summed E-state index contributed by atoms with van der Waals surface area (Å²) in [5.41, 5.74) is 0.510. The lowest BCUT2D eigenvalue weighted by molar-refractivity contribution is -0.153. The average Bonchev–Trinajstić information content (AvgIpc) is 2.28. The molecule has 0 bridgehead atoms. The minimum Gasteiger partial charge on any atom is -0.508 e. The number of aromatic hydroxyl groups is 1. The van der Waals surface area contributed by atoms with Crippen molar-refractivity contribution in [2.75, 3.05) is 18.6 Å². The first-order chi connectivity index (χ1) is 7.56. The number of hydrogen-bond acceptors (Lipinski definition) is 4. The molecule has 0 aliphatic rings. The van der Waals surface area contributed by atoms with Crippen molar-refractivity contribution >= 4 is 17.6 Å². The number of benzene rings is 1. The largest absolute Gasteiger partial charge is 0.508 e. The summed E-state index contributed by atoms with van der Waals surface area (Å²) in [4.78, 5) is 23.8. The van der Waals surface area contributed by atoms with Crippen molar-refractivity contribution < 1.29 is 19.4 Å². The topological polar surface area (TPSA) is 66.8 Å². The highest BCUT2D eigenvalue weighted by Crippen LogP contribution is 2.17. The molecular formula is C11H13NO4. The van der Waals surface area contributed by atoms with E-state index in [1.807, 2.05) is 0 Å². The van der Waals surface area contributed by atoms with Gasteiger partial charge in [0.1, 0.15) is 5.75 Å². The number of phenols is 1. The lowest BCUT2D eigenvalue weighted by Gasteiger charge is -2.15. The summed E-state index contributed by atoms with van der Waals surface area (Å²) in [6.07, 6.45) is 0. The number of phenolic OH excluding ortho intramolecular Hbond substituents is 1. The summed E-state index contributed by atoms with van der Waals surface area (Å²) < 4.78 is 4.59. The fourth-order valence-corrected chi connectivity index (χ4v) is 1.12. The van der Waals surface area contributed by atoms with E-state index in [2.05, 4.69) is 4.74 Å². The Kier molecular flexibility index (Phi) is 3.88. The van der Waals surface area contributed by atoms with Gasteiger partial charge in [0.15, 0.2) is 0 Å². The molecule has 1 aromatic carbocycles. The van der Waals surface area contributed by atoms with E-state index in [0.717, 1.165) is 4.90 Å². The summed E-state index contributed by atoms with van der Waals surface area (Å²) >= 11 is 0. The monoisotopic (exact) mass is 223 g/mol. The fourth-order valence-electron chi connectivity index (χ4n) is 1.12. The van der Waals surface area contributed by atoms with Gasteiger partial charge in [0.25, 0.3) is 0 Å². The molecule has 0 atom stereocenters. The van der Waals surface area contributed by atoms with E-state index in [1.165, 1.54) is 31.3 Å². The van der Waals surface area contributed by atoms with Crippen LogP contribution >= 0.6 is 0 Å². The average molecular weight is 223 g/mol. The molecule has 1 aromatic rings. The van der Waals surface area contributed by atoms with Gasteiger partial charge in [-0.15, -0.1) is 0 Å². The number of esters is 1. The third-order valence-electron chi connectivity index (χ3n) is 1.99. The molecule has 1 rings (SSSR count). The standard InChI is InChI=1S/C11H13NO4/c1-3-16-11(15)10(14)12(2)8-4-6-9(13)7-5-8/h4-7,13H,3H2,1-2H3. The van der Waals surface area contributed by atoms with Crippen LogP contribution in [0.15, 0.2) is 24.3 Å². The molecule has 0 aliphatic heterocycles. The molecule has 0 heterocycles. The molecule has 5 heteroatoms. The summed E-state index contributed by atoms with van der Waals surface area (Å²) in [5.74, 6) is -1.54. The Balaban J connectivity index is 2.77. The Hall–Kier alpha value is -2.04. The number of nitrogens with zero attached hydrogens (tertiary/aromatic N) is 1. The van der Waals surface area contributed by atoms with Crippen molar-refractivity contribution in [3.63, 3.8) is 0 Å². The maximum atomic E-state index is 11.5. The normalized spacial score (nSPS) is 9.62. The van der Waals surface area contributed by atoms with E-state index >= 15 is 0 Å². The van der Waals surface area contributed by atoms with E-state index in [9.17, 15) is 9.59 Å². The zero-order chi connectivity index (χ0) is 12.1. The quantitative estimate of drug-likeness (QED) is 0.598. The highest BCUT2D eigenvalue weighted by atomic mass is 16.5. The second kappa shape index (κ2) is 5.16. The number of carbonyl (C=O) groups is 2. The molecule has 0 unspecified atom stereocenters. The third-order valence-corrected chi connectivity index (χ3v) is 1.99. The fraction of sp³-hybridized carbons (Fsp3) is 0.273. The summed E-state index contributed by atoms with van der Waals surface area (Å²) in [6.45, 7) is 1.79. The van der Waals surface area contributed by atoms with Crippen LogP contribution in [0.1, 0.15) is 6.92 Å². The van der Waals surface area contributed by atoms with Crippen LogP contribution in [0.4, 0.5) is 5.69 Å². The Labute approximate surface area is 93.2 Å². The second-order valence-corrected chi connectivity index (χ2v) is 3.10. The van der Waals surface area contributed by atoms with Gasteiger partial charge in [0.2, 0.25) is 0 Å². The molecule has 0 aromatic heterocycles. The Morgan fingerprint density at radius 3 is 2.38 bits per heavy atom. The van der Waals surface area contributed by atoms with Gasteiger partial charge in [0, 0.05) is 12.7 Å². The lowest BCUT2D eigenvalue weighted by Crippen LogP contribution is -2.34. The molecule has 0 aliphatic carbocycles. The van der Waals surface area contributed by atoms with Crippen molar-refractivity contribution in [1.29, 1.82) is 0 Å². The van der Waals surface area contributed by atoms with Crippen LogP contribution in [0.2, 0.25) is 0 Å². The number of amides is 1. The van der Waals surface area contributed by atoms with E-state index in [-0.39, 0.29) is 12.4 Å². The smallest absolute Gasteiger partial charge is 0.397 e. The van der Waals surface area contributed by atoms with Gasteiger partial charge in [0.05, 0.1) is 6.61 Å². The maximum Gasteiger partial charge on any atom is 0.397 e. The third kappa shape index (κ3) is 2.73. The van der Waals surface area contributed by atoms with Gasteiger partial charge in [-0.1, -0.05) is 0 Å². The molecule has 0 saturated heterocycles. The van der Waals surface area contributed by atoms with Crippen LogP contribution in [0.25, 0.3) is 0 Å². The van der Waals surface area contributed by atoms with Crippen molar-refractivity contribution in [1.82, 2.24) is 0 Å². The van der Waals surface area contributed by atoms with Gasteiger partial charge in [-0.25, -0.2) is 4.79 Å². The van der Waals surface area contributed by atoms with Crippen LogP contribution in [0.5, 0.6) is 5.75 Å². The zero-order valence-corrected chi connectivity index (χ0v) is 9.14. The molecule has 86 valence electrons. The van der Waals surface area contributed by atoms with Crippen LogP contribution in [-0.2, 0) is 14.3 Å². The van der Waals surface area contributed by atoms with Gasteiger partial charge in [-0.05, 0) is 31.2 Å². The minimum atomic E-state index is -0.891. The highest BCUT2D eigenvalue weighted by molar-refractivity contribution is 6.37. The van der Waals surface area contributed by atoms with Crippen LogP contribution in [0.3, 0.4) is 0 Å². The van der Waals surface area contributed by atoms with Gasteiger partial charge in [-0.2, -0.15) is 0 Å². The molecule has 1 N–H and O–H groups in total. The van der Waals surface area contributed by atoms with Gasteiger partial charge in [-0.3, -0.25) is 4.79 Å². The minimum absolute atomic E-state index is 0.0979. The Morgan fingerprint density at radius 2 is 1.88 bits per heavy atom. The highest BCUT2D eigenvalue weighted by Gasteiger charge is 2.20. The Morgan fingerprint density at radius 1 is 1.31 bits per heavy atom. The maximum absolute atomic E-state index is 11.5. The number of likely N-dealkylation sites (N-methyl/N-ethyl adjacent to an activating group) is 1. The van der Waals surface area contributed by atoms with Gasteiger partial charge < -0.3 is 14.7 Å². The zero-order valence-electron chi connectivity index (χ0n) is 9.14. The molecule has 0 spiro atoms. The van der Waals surface area contributed by atoms with Crippen LogP contribution in [-0.4, -0.2) is 30.6 Å². The Bertz CT molecular complexity index is 385. The number of rotatable bonds is 2. The van der Waals surface area contributed by atoms with Crippen LogP contribution in [0, 0.1) is 0 Å². The van der Waals surface area contributed by atoms with Crippen LogP contribution < -0.4 is 4.90 Å². The van der Waals surface area contributed by atoms with E-state index in [1.54, 1.807) is 6.92 Å². The lowest BCUT2D eigenvalue weighted by atomic mass is 10.3. The molecule has 5 nitrogen and oxygen atoms in total. The van der Waals surface area contributed by atoms with Crippen molar-refractivity contribution in [2.45, 2.75) is 6.92 Å². The van der Waals surface area contributed by atoms with E-state index < -0.39 is 11.9 Å². The van der Waals surface area contributed by atoms with Crippen molar-refractivity contribution in [3.8, 4) is 5.75 Å². The molecule has 1 amide bonds. The number of carbonyl (C=O) groups excluding carboxylic acids is 2. The second-order valence-electron chi connectivity index (χ2n) is 3.10. The number of anilines is 1. The molecule has 0 saturated carbocycles. The first kappa shape index (κ1) is 12.0. The summed E-state index contributed by atoms with van der Waals surface area (Å²) in [5, 5.41) is 9.08. The summed E-state index contributed by atoms with van der Waals surface area (Å²) in [6, 6.07) is 5.94. The van der Waals surface area contributed by atoms with E-state index in [0.29, 0.717) is 5.69 Å². The summed E-state index contributed by atoms with van der Waals surface area (Å²) in [7, 11) is 1.46.